The van der Waals surface area contributed by atoms with Crippen LogP contribution in [0.5, 0.6) is 0 Å². The Kier molecular flexibility index (Phi) is 6.59. The van der Waals surface area contributed by atoms with Crippen LogP contribution in [-0.4, -0.2) is 17.4 Å². The number of aryl methyl sites for hydroxylation is 1. The average Bonchev–Trinajstić information content (AvgIpc) is 2.69. The van der Waals surface area contributed by atoms with Crippen molar-refractivity contribution in [1.82, 2.24) is 10.3 Å². The van der Waals surface area contributed by atoms with E-state index in [4.69, 9.17) is 4.98 Å². The van der Waals surface area contributed by atoms with Crippen molar-refractivity contribution in [3.63, 3.8) is 0 Å². The van der Waals surface area contributed by atoms with Gasteiger partial charge in [0.25, 0.3) is 0 Å². The standard InChI is InChI=1S/C24H28N2O/c1-3-4-5-11-16-25-23(27)17-21-18(2)26-22-15-10-9-14-20(22)24(21)19-12-7-6-8-13-19/h6-10,12-15H,3-5,11,16-17H2,1-2H3,(H,25,27). The summed E-state index contributed by atoms with van der Waals surface area (Å²) in [6, 6.07) is 18.5. The van der Waals surface area contributed by atoms with Crippen LogP contribution in [-0.2, 0) is 11.2 Å². The Balaban J connectivity index is 1.90. The molecule has 0 atom stereocenters. The molecule has 0 aliphatic rings. The summed E-state index contributed by atoms with van der Waals surface area (Å²) in [5.74, 6) is 0.0730. The fraction of sp³-hybridized carbons (Fsp3) is 0.333. The number of nitrogens with zero attached hydrogens (tertiary/aromatic N) is 1. The number of fused-ring (bicyclic) bond motifs is 1. The summed E-state index contributed by atoms with van der Waals surface area (Å²) < 4.78 is 0. The number of para-hydroxylation sites is 1. The van der Waals surface area contributed by atoms with Gasteiger partial charge in [-0.3, -0.25) is 9.78 Å². The molecule has 0 spiro atoms. The third-order valence-corrected chi connectivity index (χ3v) is 4.95. The maximum absolute atomic E-state index is 12.6. The molecule has 3 heteroatoms. The lowest BCUT2D eigenvalue weighted by molar-refractivity contribution is -0.120. The molecule has 27 heavy (non-hydrogen) atoms. The molecule has 0 radical (unpaired) electrons. The van der Waals surface area contributed by atoms with E-state index in [9.17, 15) is 4.79 Å². The monoisotopic (exact) mass is 360 g/mol. The number of carbonyl (C=O) groups excluding carboxylic acids is 1. The molecule has 0 aliphatic heterocycles. The van der Waals surface area contributed by atoms with E-state index in [0.717, 1.165) is 46.3 Å². The lowest BCUT2D eigenvalue weighted by Crippen LogP contribution is -2.26. The van der Waals surface area contributed by atoms with Crippen LogP contribution in [0, 0.1) is 6.92 Å². The van der Waals surface area contributed by atoms with Crippen LogP contribution in [0.15, 0.2) is 54.6 Å². The Bertz CT molecular complexity index is 903. The van der Waals surface area contributed by atoms with E-state index >= 15 is 0 Å². The molecule has 2 aromatic carbocycles. The van der Waals surface area contributed by atoms with Gasteiger partial charge >= 0.3 is 0 Å². The van der Waals surface area contributed by atoms with Crippen molar-refractivity contribution in [2.24, 2.45) is 0 Å². The molecule has 140 valence electrons. The second-order valence-electron chi connectivity index (χ2n) is 7.02. The van der Waals surface area contributed by atoms with Gasteiger partial charge in [0.05, 0.1) is 11.9 Å². The molecule has 0 bridgehead atoms. The van der Waals surface area contributed by atoms with Crippen LogP contribution in [0.1, 0.15) is 43.9 Å². The highest BCUT2D eigenvalue weighted by atomic mass is 16.1. The predicted octanol–water partition coefficient (Wildman–Crippen LogP) is 5.45. The van der Waals surface area contributed by atoms with Gasteiger partial charge in [0.15, 0.2) is 0 Å². The molecule has 3 aromatic rings. The lowest BCUT2D eigenvalue weighted by atomic mass is 9.92. The highest BCUT2D eigenvalue weighted by molar-refractivity contribution is 5.98. The zero-order chi connectivity index (χ0) is 19.1. The average molecular weight is 361 g/mol. The molecule has 0 saturated carbocycles. The summed E-state index contributed by atoms with van der Waals surface area (Å²) in [6.07, 6.45) is 5.00. The molecule has 1 aromatic heterocycles. The largest absolute Gasteiger partial charge is 0.356 e. The Labute approximate surface area is 161 Å². The van der Waals surface area contributed by atoms with Gasteiger partial charge in [0.1, 0.15) is 0 Å². The molecule has 1 amide bonds. The third kappa shape index (κ3) is 4.73. The summed E-state index contributed by atoms with van der Waals surface area (Å²) in [5.41, 5.74) is 5.17. The first kappa shape index (κ1) is 19.1. The zero-order valence-corrected chi connectivity index (χ0v) is 16.3. The summed E-state index contributed by atoms with van der Waals surface area (Å²) in [7, 11) is 0. The number of hydrogen-bond donors (Lipinski definition) is 1. The van der Waals surface area contributed by atoms with Crippen molar-refractivity contribution in [3.05, 3.63) is 65.9 Å². The van der Waals surface area contributed by atoms with E-state index in [0.29, 0.717) is 6.42 Å². The first-order valence-corrected chi connectivity index (χ1v) is 9.91. The van der Waals surface area contributed by atoms with Gasteiger partial charge in [-0.15, -0.1) is 0 Å². The first-order chi connectivity index (χ1) is 13.2. The highest BCUT2D eigenvalue weighted by Gasteiger charge is 2.16. The van der Waals surface area contributed by atoms with Crippen LogP contribution in [0.3, 0.4) is 0 Å². The number of carbonyl (C=O) groups is 1. The van der Waals surface area contributed by atoms with Crippen LogP contribution in [0.25, 0.3) is 22.0 Å². The number of nitrogens with one attached hydrogen (secondary N) is 1. The number of hydrogen-bond acceptors (Lipinski definition) is 2. The molecule has 3 nitrogen and oxygen atoms in total. The molecule has 3 rings (SSSR count). The second kappa shape index (κ2) is 9.31. The second-order valence-corrected chi connectivity index (χ2v) is 7.02. The number of aromatic nitrogens is 1. The van der Waals surface area contributed by atoms with Crippen LogP contribution in [0.2, 0.25) is 0 Å². The maximum atomic E-state index is 12.6. The molecule has 0 aliphatic carbocycles. The molecule has 1 N–H and O–H groups in total. The van der Waals surface area contributed by atoms with Crippen molar-refractivity contribution in [1.29, 1.82) is 0 Å². The number of benzene rings is 2. The van der Waals surface area contributed by atoms with E-state index in [1.807, 2.05) is 43.3 Å². The van der Waals surface area contributed by atoms with Crippen molar-refractivity contribution in [2.75, 3.05) is 6.54 Å². The van der Waals surface area contributed by atoms with E-state index in [1.54, 1.807) is 0 Å². The lowest BCUT2D eigenvalue weighted by Gasteiger charge is -2.16. The first-order valence-electron chi connectivity index (χ1n) is 9.91. The zero-order valence-electron chi connectivity index (χ0n) is 16.3. The summed E-state index contributed by atoms with van der Waals surface area (Å²) in [6.45, 7) is 4.95. The van der Waals surface area contributed by atoms with E-state index in [1.165, 1.54) is 19.3 Å². The van der Waals surface area contributed by atoms with Crippen molar-refractivity contribution >= 4 is 16.8 Å². The molecular formula is C24H28N2O. The minimum Gasteiger partial charge on any atom is -0.356 e. The Morgan fingerprint density at radius 2 is 1.70 bits per heavy atom. The number of rotatable bonds is 8. The molecule has 0 fully saturated rings. The fourth-order valence-electron chi connectivity index (χ4n) is 3.53. The van der Waals surface area contributed by atoms with E-state index in [2.05, 4.69) is 30.4 Å². The summed E-state index contributed by atoms with van der Waals surface area (Å²) >= 11 is 0. The molecule has 0 saturated heterocycles. The van der Waals surface area contributed by atoms with Gasteiger partial charge in [-0.05, 0) is 36.1 Å². The van der Waals surface area contributed by atoms with Gasteiger partial charge in [0, 0.05) is 17.6 Å². The van der Waals surface area contributed by atoms with Crippen LogP contribution >= 0.6 is 0 Å². The SMILES string of the molecule is CCCCCCNC(=O)Cc1c(C)nc2ccccc2c1-c1ccccc1. The molecular weight excluding hydrogens is 332 g/mol. The highest BCUT2D eigenvalue weighted by Crippen LogP contribution is 2.33. The Morgan fingerprint density at radius 1 is 0.963 bits per heavy atom. The fourth-order valence-corrected chi connectivity index (χ4v) is 3.53. The van der Waals surface area contributed by atoms with Crippen LogP contribution in [0.4, 0.5) is 0 Å². The normalized spacial score (nSPS) is 10.9. The van der Waals surface area contributed by atoms with Gasteiger partial charge in [-0.25, -0.2) is 0 Å². The van der Waals surface area contributed by atoms with Crippen molar-refractivity contribution in [2.45, 2.75) is 46.0 Å². The number of amides is 1. The van der Waals surface area contributed by atoms with Crippen molar-refractivity contribution < 1.29 is 4.79 Å². The maximum Gasteiger partial charge on any atom is 0.224 e. The number of unbranched alkanes of at least 4 members (excludes halogenated alkanes) is 3. The van der Waals surface area contributed by atoms with E-state index in [-0.39, 0.29) is 5.91 Å². The minimum absolute atomic E-state index is 0.0730. The van der Waals surface area contributed by atoms with Gasteiger partial charge < -0.3 is 5.32 Å². The number of pyridine rings is 1. The smallest absolute Gasteiger partial charge is 0.224 e. The molecule has 1 heterocycles. The Hall–Kier alpha value is -2.68. The van der Waals surface area contributed by atoms with Gasteiger partial charge in [-0.1, -0.05) is 74.7 Å². The van der Waals surface area contributed by atoms with Crippen molar-refractivity contribution in [3.8, 4) is 11.1 Å². The predicted molar refractivity (Wildman–Crippen MR) is 113 cm³/mol. The van der Waals surface area contributed by atoms with E-state index < -0.39 is 0 Å². The van der Waals surface area contributed by atoms with Gasteiger partial charge in [0.2, 0.25) is 5.91 Å². The molecule has 0 unspecified atom stereocenters. The van der Waals surface area contributed by atoms with Crippen LogP contribution < -0.4 is 5.32 Å². The summed E-state index contributed by atoms with van der Waals surface area (Å²) in [4.78, 5) is 17.3. The quantitative estimate of drug-likeness (QED) is 0.543. The topological polar surface area (TPSA) is 42.0 Å². The Morgan fingerprint density at radius 3 is 2.48 bits per heavy atom. The minimum atomic E-state index is 0.0730. The third-order valence-electron chi connectivity index (χ3n) is 4.95. The van der Waals surface area contributed by atoms with Gasteiger partial charge in [-0.2, -0.15) is 0 Å². The summed E-state index contributed by atoms with van der Waals surface area (Å²) in [5, 5.41) is 4.17.